The quantitative estimate of drug-likeness (QED) is 0.0466. The van der Waals surface area contributed by atoms with Gasteiger partial charge in [-0.25, -0.2) is 55.0 Å². The molecule has 6 N–H and O–H groups in total. The number of carbonyl (C=O) groups excluding carboxylic acids is 2. The molecule has 458 valence electrons. The Hall–Kier alpha value is -7.20. The Morgan fingerprint density at radius 2 is 0.989 bits per heavy atom. The first kappa shape index (κ1) is 61.4. The van der Waals surface area contributed by atoms with Crippen molar-refractivity contribution in [1.82, 2.24) is 70.2 Å². The van der Waals surface area contributed by atoms with Gasteiger partial charge in [-0.05, 0) is 80.9 Å². The van der Waals surface area contributed by atoms with Crippen molar-refractivity contribution in [3.8, 4) is 33.9 Å². The minimum atomic E-state index is -1.73. The molecule has 8 aromatic rings. The van der Waals surface area contributed by atoms with Gasteiger partial charge in [-0.1, -0.05) is 56.8 Å². The summed E-state index contributed by atoms with van der Waals surface area (Å²) < 4.78 is 116. The van der Waals surface area contributed by atoms with E-state index in [9.17, 15) is 56.4 Å². The summed E-state index contributed by atoms with van der Waals surface area (Å²) in [6, 6.07) is 7.47. The van der Waals surface area contributed by atoms with Crippen LogP contribution in [-0.2, 0) is 28.5 Å². The highest BCUT2D eigenvalue weighted by molar-refractivity contribution is 6.35. The van der Waals surface area contributed by atoms with Crippen LogP contribution in [0.5, 0.6) is 0 Å². The SMILES string of the molecule is Cc1nc(C2OC(CO)C(O)C(n3cc(-c4cc(F)c(F)c(F)c4)nn3)C2OCC(=O)NC2CC2NC(=O)COC2C(c3nc(C)nn3-c3cc(Cl)ccc3Cl)OC(CO)C(O)C2n2cc(-c3cc(F)c(F)c(F)c3)nn2)n(-c2cc(Cl)ccc2Cl)n1. The van der Waals surface area contributed by atoms with Crippen LogP contribution in [0.15, 0.2) is 73.1 Å². The number of aliphatic hydroxyl groups excluding tert-OH is 4. The van der Waals surface area contributed by atoms with Crippen LogP contribution in [0.4, 0.5) is 26.3 Å². The maximum Gasteiger partial charge on any atom is 0.246 e. The number of aliphatic hydroxyl groups is 4. The Labute approximate surface area is 506 Å². The summed E-state index contributed by atoms with van der Waals surface area (Å²) in [5.74, 6) is -10.7. The van der Waals surface area contributed by atoms with Gasteiger partial charge in [-0.15, -0.1) is 10.2 Å². The highest BCUT2D eigenvalue weighted by Gasteiger charge is 2.52. The van der Waals surface area contributed by atoms with Crippen molar-refractivity contribution in [1.29, 1.82) is 0 Å². The largest absolute Gasteiger partial charge is 0.394 e. The smallest absolute Gasteiger partial charge is 0.246 e. The second-order valence-electron chi connectivity index (χ2n) is 20.4. The fraction of sp³-hybridized carbons (Fsp3) is 0.358. The molecule has 4 aromatic heterocycles. The van der Waals surface area contributed by atoms with Crippen LogP contribution < -0.4 is 10.6 Å². The first-order valence-corrected chi connectivity index (χ1v) is 27.7. The number of ether oxygens (including phenoxy) is 4. The Kier molecular flexibility index (Phi) is 17.7. The van der Waals surface area contributed by atoms with Crippen molar-refractivity contribution in [3.63, 3.8) is 0 Å². The van der Waals surface area contributed by atoms with Crippen LogP contribution >= 0.6 is 46.4 Å². The van der Waals surface area contributed by atoms with Crippen molar-refractivity contribution in [3.05, 3.63) is 151 Å². The number of rotatable bonds is 18. The fourth-order valence-electron chi connectivity index (χ4n) is 10.3. The molecule has 34 heteroatoms. The first-order chi connectivity index (χ1) is 41.6. The number of aryl methyl sites for hydroxylation is 2. The van der Waals surface area contributed by atoms with Crippen LogP contribution in [0.25, 0.3) is 33.9 Å². The average molecular weight is 1290 g/mol. The lowest BCUT2D eigenvalue weighted by Crippen LogP contribution is -2.54. The number of halogens is 10. The number of hydrogen-bond donors (Lipinski definition) is 6. The standard InChI is InChI=1S/C53H46Cl4F6N14O10/c1-20-64-52(76(70-20)36-11-24(54)3-5-26(36)56)50-48(44(46(82)38(16-78)86-50)74-14-34(68-72-74)22-7-28(58)42(62)29(59)8-22)84-18-40(80)66-32-13-33(32)67-41(81)19-85-49-45(75-15-35(69-73-75)23-9-30(60)43(63)31(61)10-23)47(83)39(17-79)87-51(49)53-65-21(2)71-77(53)37-12-25(55)4-6-27(37)57/h3-12,14-15,32-33,38-39,44-51,78-79,82-83H,13,16-19H2,1-2H3,(H,66,80)(H,67,81). The van der Waals surface area contributed by atoms with E-state index in [1.165, 1.54) is 58.2 Å². The van der Waals surface area contributed by atoms with E-state index in [1.807, 2.05) is 0 Å². The summed E-state index contributed by atoms with van der Waals surface area (Å²) in [6.45, 7) is -0.0393. The molecule has 0 radical (unpaired) electrons. The minimum absolute atomic E-state index is 0.0142. The predicted octanol–water partition coefficient (Wildman–Crippen LogP) is 5.34. The molecule has 0 spiro atoms. The van der Waals surface area contributed by atoms with Gasteiger partial charge < -0.3 is 50.0 Å². The molecule has 11 rings (SSSR count). The third-order valence-corrected chi connectivity index (χ3v) is 15.6. The topological polar surface area (TPSA) is 299 Å². The molecule has 2 amide bonds. The molecule has 3 fully saturated rings. The van der Waals surface area contributed by atoms with Crippen molar-refractivity contribution < 1.29 is 75.3 Å². The molecule has 12 unspecified atom stereocenters. The lowest BCUT2D eigenvalue weighted by Gasteiger charge is -2.43. The molecule has 3 aliphatic rings. The van der Waals surface area contributed by atoms with Crippen molar-refractivity contribution in [2.75, 3.05) is 26.4 Å². The maximum absolute atomic E-state index is 14.4. The average Bonchev–Trinajstić information content (AvgIpc) is 1.96. The van der Waals surface area contributed by atoms with Gasteiger partial charge in [-0.2, -0.15) is 10.2 Å². The van der Waals surface area contributed by atoms with Crippen LogP contribution in [0.3, 0.4) is 0 Å². The Balaban J connectivity index is 0.834. The van der Waals surface area contributed by atoms with Gasteiger partial charge in [-0.3, -0.25) is 9.59 Å². The number of hydrogen-bond acceptors (Lipinski definition) is 18. The third kappa shape index (κ3) is 12.5. The number of nitrogens with one attached hydrogen (secondary N) is 2. The summed E-state index contributed by atoms with van der Waals surface area (Å²) >= 11 is 26.0. The van der Waals surface area contributed by atoms with Crippen LogP contribution in [-0.4, -0.2) is 167 Å². The maximum atomic E-state index is 14.4. The third-order valence-electron chi connectivity index (χ3n) is 14.5. The minimum Gasteiger partial charge on any atom is -0.394 e. The van der Waals surface area contributed by atoms with Crippen molar-refractivity contribution in [2.24, 2.45) is 0 Å². The number of nitrogens with zero attached hydrogens (tertiary/aromatic N) is 12. The molecule has 0 bridgehead atoms. The lowest BCUT2D eigenvalue weighted by molar-refractivity contribution is -0.223. The number of amides is 2. The van der Waals surface area contributed by atoms with Crippen LogP contribution in [0.2, 0.25) is 20.1 Å². The van der Waals surface area contributed by atoms with Gasteiger partial charge in [0.15, 0.2) is 46.6 Å². The Bertz CT molecular complexity index is 3630. The predicted molar refractivity (Wildman–Crippen MR) is 290 cm³/mol. The molecule has 6 heterocycles. The molecule has 2 saturated heterocycles. The van der Waals surface area contributed by atoms with E-state index in [1.54, 1.807) is 13.8 Å². The molecule has 4 aromatic carbocycles. The summed E-state index contributed by atoms with van der Waals surface area (Å²) in [5, 5.41) is 76.3. The van der Waals surface area contributed by atoms with Gasteiger partial charge in [0.1, 0.15) is 97.2 Å². The van der Waals surface area contributed by atoms with Crippen molar-refractivity contribution >= 4 is 58.2 Å². The zero-order valence-electron chi connectivity index (χ0n) is 44.8. The molecular weight excluding hydrogens is 1250 g/mol. The van der Waals surface area contributed by atoms with E-state index < -0.39 is 146 Å². The van der Waals surface area contributed by atoms with Gasteiger partial charge in [0.25, 0.3) is 0 Å². The van der Waals surface area contributed by atoms with E-state index in [2.05, 4.69) is 51.4 Å². The van der Waals surface area contributed by atoms with Crippen molar-refractivity contribution in [2.45, 2.75) is 93.3 Å². The summed E-state index contributed by atoms with van der Waals surface area (Å²) in [7, 11) is 0. The molecule has 87 heavy (non-hydrogen) atoms. The molecule has 1 saturated carbocycles. The Morgan fingerprint density at radius 3 is 1.36 bits per heavy atom. The van der Waals surface area contributed by atoms with E-state index in [0.717, 1.165) is 9.36 Å². The van der Waals surface area contributed by atoms with E-state index in [0.29, 0.717) is 24.3 Å². The summed E-state index contributed by atoms with van der Waals surface area (Å²) in [4.78, 5) is 37.0. The zero-order chi connectivity index (χ0) is 61.9. The molecule has 24 nitrogen and oxygen atoms in total. The van der Waals surface area contributed by atoms with E-state index in [-0.39, 0.29) is 83.7 Å². The van der Waals surface area contributed by atoms with E-state index in [4.69, 9.17) is 65.4 Å². The first-order valence-electron chi connectivity index (χ1n) is 26.2. The van der Waals surface area contributed by atoms with Crippen LogP contribution in [0, 0.1) is 48.8 Å². The van der Waals surface area contributed by atoms with Gasteiger partial charge >= 0.3 is 0 Å². The number of benzene rings is 4. The molecule has 2 aliphatic heterocycles. The highest BCUT2D eigenvalue weighted by atomic mass is 35.5. The van der Waals surface area contributed by atoms with Gasteiger partial charge in [0, 0.05) is 21.2 Å². The lowest BCUT2D eigenvalue weighted by atomic mass is 9.91. The monoisotopic (exact) mass is 1290 g/mol. The normalized spacial score (nSPS) is 24.6. The molecular formula is C53H46Cl4F6N14O10. The number of aromatic nitrogens is 12. The Morgan fingerprint density at radius 1 is 0.609 bits per heavy atom. The van der Waals surface area contributed by atoms with Gasteiger partial charge in [0.05, 0.1) is 59.1 Å². The van der Waals surface area contributed by atoms with Crippen LogP contribution in [0.1, 0.15) is 54.0 Å². The zero-order valence-corrected chi connectivity index (χ0v) is 47.8. The van der Waals surface area contributed by atoms with Gasteiger partial charge in [0.2, 0.25) is 11.8 Å². The fourth-order valence-corrected chi connectivity index (χ4v) is 11.1. The summed E-state index contributed by atoms with van der Waals surface area (Å²) in [6.07, 6.45) is -9.56. The second kappa shape index (κ2) is 25.1. The molecule has 12 atom stereocenters. The highest BCUT2D eigenvalue weighted by Crippen LogP contribution is 2.44. The number of carbonyl (C=O) groups is 2. The summed E-state index contributed by atoms with van der Waals surface area (Å²) in [5.41, 5.74) is -0.381. The second-order valence-corrected chi connectivity index (χ2v) is 22.1. The molecule has 1 aliphatic carbocycles. The van der Waals surface area contributed by atoms with E-state index >= 15 is 0 Å².